The fourth-order valence-electron chi connectivity index (χ4n) is 12.5. The maximum Gasteiger partial charge on any atom is 0.160 e. The average Bonchev–Trinajstić information content (AvgIpc) is 4.01. The summed E-state index contributed by atoms with van der Waals surface area (Å²) in [5, 5.41) is 4.68. The Morgan fingerprint density at radius 2 is 1.14 bits per heavy atom. The zero-order valence-electron chi connectivity index (χ0n) is 40.4. The quantitative estimate of drug-likeness (QED) is 0.175. The lowest BCUT2D eigenvalue weighted by Crippen LogP contribution is -2.26. The number of para-hydroxylation sites is 3. The Hall–Kier alpha value is -8.14. The number of nitrogens with zero attached hydrogens (tertiary/aromatic N) is 2. The van der Waals surface area contributed by atoms with Crippen molar-refractivity contribution in [1.29, 1.82) is 0 Å². The number of fused-ring (bicyclic) bond motifs is 16. The lowest BCUT2D eigenvalue weighted by Gasteiger charge is -2.32. The van der Waals surface area contributed by atoms with Crippen molar-refractivity contribution < 1.29 is 4.42 Å². The highest BCUT2D eigenvalue weighted by Gasteiger charge is 2.54. The molecule has 3 nitrogen and oxygen atoms in total. The molecule has 3 heteroatoms. The first-order valence-electron chi connectivity index (χ1n) is 24.8. The number of furan rings is 1. The van der Waals surface area contributed by atoms with E-state index in [2.05, 4.69) is 258 Å². The Bertz CT molecular complexity index is 3960. The van der Waals surface area contributed by atoms with Crippen molar-refractivity contribution in [2.45, 2.75) is 57.8 Å². The molecule has 1 aromatic heterocycles. The summed E-state index contributed by atoms with van der Waals surface area (Å²) in [4.78, 5) is 4.84. The Morgan fingerprint density at radius 3 is 1.93 bits per heavy atom. The molecule has 0 saturated heterocycles. The summed E-state index contributed by atoms with van der Waals surface area (Å²) in [6.07, 6.45) is 0. The van der Waals surface area contributed by atoms with Gasteiger partial charge in [0.15, 0.2) is 11.2 Å². The lowest BCUT2D eigenvalue weighted by atomic mass is 9.69. The van der Waals surface area contributed by atoms with Crippen molar-refractivity contribution in [3.05, 3.63) is 240 Å². The zero-order valence-corrected chi connectivity index (χ0v) is 40.4. The highest BCUT2D eigenvalue weighted by atomic mass is 16.3. The molecule has 14 rings (SSSR count). The molecule has 0 fully saturated rings. The minimum atomic E-state index is -0.632. The average molecular weight is 901 g/mol. The van der Waals surface area contributed by atoms with Crippen molar-refractivity contribution >= 4 is 66.8 Å². The van der Waals surface area contributed by atoms with Gasteiger partial charge in [0.2, 0.25) is 0 Å². The summed E-state index contributed by atoms with van der Waals surface area (Å²) in [5.41, 5.74) is 22.7. The van der Waals surface area contributed by atoms with Gasteiger partial charge < -0.3 is 14.2 Å². The molecule has 1 aliphatic heterocycles. The van der Waals surface area contributed by atoms with Gasteiger partial charge in [0.25, 0.3) is 0 Å². The summed E-state index contributed by atoms with van der Waals surface area (Å²) in [7, 11) is 0. The van der Waals surface area contributed by atoms with Crippen LogP contribution in [0.4, 0.5) is 34.1 Å². The third-order valence-electron chi connectivity index (χ3n) is 15.6. The molecular weight excluding hydrogens is 849 g/mol. The van der Waals surface area contributed by atoms with Gasteiger partial charge in [-0.1, -0.05) is 181 Å². The van der Waals surface area contributed by atoms with Crippen LogP contribution in [0.5, 0.6) is 0 Å². The van der Waals surface area contributed by atoms with E-state index in [1.54, 1.807) is 0 Å². The molecule has 1 atom stereocenters. The van der Waals surface area contributed by atoms with Gasteiger partial charge in [-0.15, -0.1) is 0 Å². The van der Waals surface area contributed by atoms with Gasteiger partial charge in [-0.05, 0) is 155 Å². The molecule has 1 spiro atoms. The molecule has 10 aromatic carbocycles. The molecule has 1 unspecified atom stereocenters. The number of hydrogen-bond donors (Lipinski definition) is 0. The normalized spacial score (nSPS) is 15.3. The molecule has 0 N–H and O–H groups in total. The molecule has 3 aliphatic rings. The molecule has 70 heavy (non-hydrogen) atoms. The second-order valence-corrected chi connectivity index (χ2v) is 21.7. The van der Waals surface area contributed by atoms with E-state index < -0.39 is 5.41 Å². The van der Waals surface area contributed by atoms with Crippen LogP contribution in [0.15, 0.2) is 211 Å². The summed E-state index contributed by atoms with van der Waals surface area (Å²) in [6, 6.07) is 77.4. The van der Waals surface area contributed by atoms with Crippen LogP contribution in [0.1, 0.15) is 74.9 Å². The summed E-state index contributed by atoms with van der Waals surface area (Å²) >= 11 is 0. The van der Waals surface area contributed by atoms with Gasteiger partial charge in [0, 0.05) is 33.5 Å². The van der Waals surface area contributed by atoms with Crippen LogP contribution >= 0.6 is 0 Å². The van der Waals surface area contributed by atoms with Crippen molar-refractivity contribution in [3.8, 4) is 33.4 Å². The Balaban J connectivity index is 1.20. The van der Waals surface area contributed by atoms with Crippen molar-refractivity contribution in [3.63, 3.8) is 0 Å². The minimum Gasteiger partial charge on any atom is -0.452 e. The third kappa shape index (κ3) is 5.58. The van der Waals surface area contributed by atoms with Crippen LogP contribution in [0, 0.1) is 0 Å². The molecular formula is C67H52N2O. The minimum absolute atomic E-state index is 0.0182. The SMILES string of the molecule is CC(C)(C)c1ccc(N(c2ccccc2)c2cccc3c2oc2c4cc5c(c23)-c2c(ccc3ccccc23)C52c3ccccc3-c3ccc(cc32)-c2cc(ccc2C(C)(C)C)N4c2ccccc2)cc1. The fraction of sp³-hybridized carbons (Fsp3) is 0.134. The first kappa shape index (κ1) is 40.9. The van der Waals surface area contributed by atoms with Crippen LogP contribution in [-0.4, -0.2) is 0 Å². The van der Waals surface area contributed by atoms with Gasteiger partial charge in [-0.2, -0.15) is 0 Å². The summed E-state index contributed by atoms with van der Waals surface area (Å²) in [6.45, 7) is 13.8. The van der Waals surface area contributed by atoms with E-state index in [0.29, 0.717) is 0 Å². The second kappa shape index (κ2) is 14.4. The van der Waals surface area contributed by atoms with E-state index in [-0.39, 0.29) is 10.8 Å². The van der Waals surface area contributed by atoms with Crippen LogP contribution in [-0.2, 0) is 16.2 Å². The number of rotatable bonds is 4. The molecule has 2 aliphatic carbocycles. The highest BCUT2D eigenvalue weighted by molar-refractivity contribution is 6.24. The zero-order chi connectivity index (χ0) is 47.3. The second-order valence-electron chi connectivity index (χ2n) is 21.7. The Labute approximate surface area is 409 Å². The van der Waals surface area contributed by atoms with Gasteiger partial charge in [0.05, 0.1) is 16.8 Å². The summed E-state index contributed by atoms with van der Waals surface area (Å²) in [5.74, 6) is 0. The number of benzene rings is 10. The molecule has 11 aromatic rings. The van der Waals surface area contributed by atoms with Crippen molar-refractivity contribution in [2.24, 2.45) is 0 Å². The summed E-state index contributed by atoms with van der Waals surface area (Å²) < 4.78 is 7.80. The topological polar surface area (TPSA) is 19.6 Å². The van der Waals surface area contributed by atoms with E-state index in [9.17, 15) is 0 Å². The maximum absolute atomic E-state index is 7.80. The number of anilines is 6. The molecule has 336 valence electrons. The van der Waals surface area contributed by atoms with Crippen LogP contribution in [0.3, 0.4) is 0 Å². The van der Waals surface area contributed by atoms with Gasteiger partial charge in [-0.3, -0.25) is 0 Å². The van der Waals surface area contributed by atoms with Crippen molar-refractivity contribution in [1.82, 2.24) is 0 Å². The largest absolute Gasteiger partial charge is 0.452 e. The van der Waals surface area contributed by atoms with Crippen LogP contribution < -0.4 is 9.80 Å². The van der Waals surface area contributed by atoms with E-state index in [1.165, 1.54) is 77.5 Å². The van der Waals surface area contributed by atoms with Crippen LogP contribution in [0.2, 0.25) is 0 Å². The highest BCUT2D eigenvalue weighted by Crippen LogP contribution is 2.67. The smallest absolute Gasteiger partial charge is 0.160 e. The van der Waals surface area contributed by atoms with Gasteiger partial charge >= 0.3 is 0 Å². The van der Waals surface area contributed by atoms with E-state index in [1.807, 2.05) is 0 Å². The molecule has 0 radical (unpaired) electrons. The molecule has 2 heterocycles. The van der Waals surface area contributed by atoms with Gasteiger partial charge in [0.1, 0.15) is 0 Å². The van der Waals surface area contributed by atoms with Crippen molar-refractivity contribution in [2.75, 3.05) is 9.80 Å². The van der Waals surface area contributed by atoms with Crippen LogP contribution in [0.25, 0.3) is 66.1 Å². The Kier molecular flexibility index (Phi) is 8.44. The first-order valence-corrected chi connectivity index (χ1v) is 24.8. The predicted octanol–water partition coefficient (Wildman–Crippen LogP) is 18.6. The predicted molar refractivity (Wildman–Crippen MR) is 293 cm³/mol. The molecule has 6 bridgehead atoms. The van der Waals surface area contributed by atoms with E-state index in [4.69, 9.17) is 4.42 Å². The van der Waals surface area contributed by atoms with Gasteiger partial charge in [-0.25, -0.2) is 0 Å². The fourth-order valence-corrected chi connectivity index (χ4v) is 12.5. The van der Waals surface area contributed by atoms with E-state index in [0.717, 1.165) is 56.1 Å². The lowest BCUT2D eigenvalue weighted by molar-refractivity contribution is 0.590. The maximum atomic E-state index is 7.80. The standard InChI is InChI=1S/C67H52N2O/c1-65(2,3)43-30-32-46(33-31-43)68(44-19-9-7-10-20-44)58-27-17-25-51-61-62-57-40-59(64(61)70-63(51)58)69(45-21-11-8-12-22-45)47-34-37-53(66(4,5)6)52(39-47)42-28-35-50-49-24-15-16-26-54(49)67(57,56(50)38-42)55-36-29-41-18-13-14-23-48(41)60(55)62/h7-40H,1-6H3. The molecule has 0 saturated carbocycles. The molecule has 0 amide bonds. The monoisotopic (exact) mass is 900 g/mol. The van der Waals surface area contributed by atoms with E-state index >= 15 is 0 Å². The first-order chi connectivity index (χ1) is 34.0. The number of hydrogen-bond acceptors (Lipinski definition) is 3. The third-order valence-corrected chi connectivity index (χ3v) is 15.6. The Morgan fingerprint density at radius 1 is 0.443 bits per heavy atom.